The predicted molar refractivity (Wildman–Crippen MR) is 90.9 cm³/mol. The normalized spacial score (nSPS) is 13.3. The summed E-state index contributed by atoms with van der Waals surface area (Å²) < 4.78 is 4.88. The topological polar surface area (TPSA) is 72.5 Å². The average Bonchev–Trinajstić information content (AvgIpc) is 2.56. The fourth-order valence-corrected chi connectivity index (χ4v) is 2.85. The summed E-state index contributed by atoms with van der Waals surface area (Å²) in [4.78, 5) is 35.3. The van der Waals surface area contributed by atoms with Crippen molar-refractivity contribution in [3.8, 4) is 0 Å². The van der Waals surface area contributed by atoms with Crippen LogP contribution in [0.2, 0.25) is 0 Å². The van der Waals surface area contributed by atoms with Crippen LogP contribution in [-0.4, -0.2) is 30.3 Å². The zero-order valence-electron chi connectivity index (χ0n) is 14.4. The molecule has 0 heterocycles. The molecule has 0 aromatic heterocycles. The Morgan fingerprint density at radius 2 is 1.79 bits per heavy atom. The summed E-state index contributed by atoms with van der Waals surface area (Å²) in [6.07, 6.45) is 4.55. The first kappa shape index (κ1) is 18.2. The predicted octanol–water partition coefficient (Wildman–Crippen LogP) is 2.60. The van der Waals surface area contributed by atoms with Crippen LogP contribution in [0.15, 0.2) is 18.2 Å². The zero-order chi connectivity index (χ0) is 17.5. The maximum absolute atomic E-state index is 12.2. The molecular formula is C19H25NO4. The van der Waals surface area contributed by atoms with Gasteiger partial charge >= 0.3 is 5.97 Å². The largest absolute Gasteiger partial charge is 0.456 e. The van der Waals surface area contributed by atoms with E-state index in [1.807, 2.05) is 32.0 Å². The van der Waals surface area contributed by atoms with Crippen LogP contribution in [0.3, 0.4) is 0 Å². The molecule has 0 saturated carbocycles. The van der Waals surface area contributed by atoms with E-state index >= 15 is 0 Å². The second-order valence-corrected chi connectivity index (χ2v) is 6.50. The van der Waals surface area contributed by atoms with Gasteiger partial charge < -0.3 is 10.1 Å². The Hall–Kier alpha value is -2.17. The number of ether oxygens (including phenoxy) is 1. The zero-order valence-corrected chi connectivity index (χ0v) is 14.4. The Labute approximate surface area is 142 Å². The first-order chi connectivity index (χ1) is 11.5. The molecule has 130 valence electrons. The summed E-state index contributed by atoms with van der Waals surface area (Å²) in [6, 6.07) is 5.82. The lowest BCUT2D eigenvalue weighted by Gasteiger charge is -2.16. The van der Waals surface area contributed by atoms with Crippen LogP contribution in [-0.2, 0) is 27.2 Å². The summed E-state index contributed by atoms with van der Waals surface area (Å²) in [5.41, 5.74) is 3.23. The minimum absolute atomic E-state index is 0.00166. The second-order valence-electron chi connectivity index (χ2n) is 6.50. The lowest BCUT2D eigenvalue weighted by atomic mass is 9.89. The van der Waals surface area contributed by atoms with Crippen molar-refractivity contribution in [1.29, 1.82) is 0 Å². The van der Waals surface area contributed by atoms with E-state index < -0.39 is 5.97 Å². The van der Waals surface area contributed by atoms with Crippen molar-refractivity contribution in [2.24, 2.45) is 0 Å². The number of fused-ring (bicyclic) bond motifs is 1. The molecule has 1 aromatic carbocycles. The number of aryl methyl sites for hydroxylation is 2. The van der Waals surface area contributed by atoms with E-state index in [4.69, 9.17) is 4.74 Å². The summed E-state index contributed by atoms with van der Waals surface area (Å²) in [5, 5.41) is 2.63. The molecule has 0 atom stereocenters. The Morgan fingerprint density at radius 1 is 1.08 bits per heavy atom. The number of hydrogen-bond acceptors (Lipinski definition) is 4. The molecule has 0 fully saturated rings. The number of esters is 1. The Balaban J connectivity index is 1.78. The smallest absolute Gasteiger partial charge is 0.306 e. The third kappa shape index (κ3) is 5.48. The highest BCUT2D eigenvalue weighted by molar-refractivity contribution is 5.97. The first-order valence-corrected chi connectivity index (χ1v) is 8.55. The standard InChI is InChI=1S/C19H25NO4/c1-13(2)20-18(22)12-24-19(23)10-9-17(21)16-8-7-14-5-3-4-6-15(14)11-16/h7-8,11,13H,3-6,9-10,12H2,1-2H3,(H,20,22). The lowest BCUT2D eigenvalue weighted by Crippen LogP contribution is -2.34. The number of hydrogen-bond donors (Lipinski definition) is 1. The number of carbonyl (C=O) groups is 3. The average molecular weight is 331 g/mol. The number of benzene rings is 1. The fourth-order valence-electron chi connectivity index (χ4n) is 2.85. The van der Waals surface area contributed by atoms with Gasteiger partial charge in [-0.15, -0.1) is 0 Å². The van der Waals surface area contributed by atoms with Gasteiger partial charge in [-0.05, 0) is 56.7 Å². The van der Waals surface area contributed by atoms with E-state index in [0.717, 1.165) is 19.3 Å². The molecule has 0 bridgehead atoms. The first-order valence-electron chi connectivity index (χ1n) is 8.55. The van der Waals surface area contributed by atoms with Gasteiger partial charge in [-0.2, -0.15) is 0 Å². The Morgan fingerprint density at radius 3 is 2.50 bits per heavy atom. The van der Waals surface area contributed by atoms with E-state index in [9.17, 15) is 14.4 Å². The quantitative estimate of drug-likeness (QED) is 0.616. The van der Waals surface area contributed by atoms with Crippen LogP contribution in [0.1, 0.15) is 61.0 Å². The van der Waals surface area contributed by atoms with Gasteiger partial charge in [0.15, 0.2) is 12.4 Å². The number of ketones is 1. The van der Waals surface area contributed by atoms with E-state index in [-0.39, 0.29) is 37.2 Å². The van der Waals surface area contributed by atoms with E-state index in [0.29, 0.717) is 5.56 Å². The second kappa shape index (κ2) is 8.62. The van der Waals surface area contributed by atoms with Gasteiger partial charge in [0.2, 0.25) is 0 Å². The molecule has 1 aliphatic carbocycles. The molecule has 0 radical (unpaired) electrons. The molecule has 2 rings (SSSR count). The minimum Gasteiger partial charge on any atom is -0.456 e. The third-order valence-corrected chi connectivity index (χ3v) is 4.04. The van der Waals surface area contributed by atoms with E-state index in [1.165, 1.54) is 17.5 Å². The van der Waals surface area contributed by atoms with Gasteiger partial charge in [0.05, 0.1) is 6.42 Å². The molecule has 1 aliphatic rings. The van der Waals surface area contributed by atoms with Crippen LogP contribution in [0.25, 0.3) is 0 Å². The Kier molecular flexibility index (Phi) is 6.53. The van der Waals surface area contributed by atoms with Gasteiger partial charge in [-0.3, -0.25) is 14.4 Å². The van der Waals surface area contributed by atoms with Crippen molar-refractivity contribution in [2.75, 3.05) is 6.61 Å². The SMILES string of the molecule is CC(C)NC(=O)COC(=O)CCC(=O)c1ccc2c(c1)CCCC2. The van der Waals surface area contributed by atoms with Gasteiger partial charge in [0, 0.05) is 18.0 Å². The van der Waals surface area contributed by atoms with Gasteiger partial charge in [0.25, 0.3) is 5.91 Å². The van der Waals surface area contributed by atoms with Crippen LogP contribution < -0.4 is 5.32 Å². The van der Waals surface area contributed by atoms with Crippen LogP contribution in [0, 0.1) is 0 Å². The number of nitrogens with one attached hydrogen (secondary N) is 1. The van der Waals surface area contributed by atoms with Crippen molar-refractivity contribution in [3.63, 3.8) is 0 Å². The molecule has 0 aliphatic heterocycles. The lowest BCUT2D eigenvalue weighted by molar-refractivity contribution is -0.148. The summed E-state index contributed by atoms with van der Waals surface area (Å²) in [5.74, 6) is -0.925. The van der Waals surface area contributed by atoms with Crippen LogP contribution >= 0.6 is 0 Å². The Bertz CT molecular complexity index is 622. The van der Waals surface area contributed by atoms with Crippen LogP contribution in [0.4, 0.5) is 0 Å². The maximum atomic E-state index is 12.2. The summed E-state index contributed by atoms with van der Waals surface area (Å²) in [6.45, 7) is 3.36. The van der Waals surface area contributed by atoms with Gasteiger partial charge in [-0.1, -0.05) is 12.1 Å². The highest BCUT2D eigenvalue weighted by Gasteiger charge is 2.15. The van der Waals surface area contributed by atoms with Crippen LogP contribution in [0.5, 0.6) is 0 Å². The number of rotatable bonds is 7. The number of Topliss-reactive ketones (excluding diaryl/α,β-unsaturated/α-hetero) is 1. The monoisotopic (exact) mass is 331 g/mol. The molecule has 0 saturated heterocycles. The molecule has 24 heavy (non-hydrogen) atoms. The van der Waals surface area contributed by atoms with Crippen molar-refractivity contribution in [3.05, 3.63) is 34.9 Å². The molecule has 1 amide bonds. The van der Waals surface area contributed by atoms with E-state index in [2.05, 4.69) is 5.32 Å². The fraction of sp³-hybridized carbons (Fsp3) is 0.526. The van der Waals surface area contributed by atoms with Crippen molar-refractivity contribution in [2.45, 2.75) is 58.4 Å². The molecule has 0 unspecified atom stereocenters. The third-order valence-electron chi connectivity index (χ3n) is 4.04. The van der Waals surface area contributed by atoms with Gasteiger partial charge in [0.1, 0.15) is 0 Å². The highest BCUT2D eigenvalue weighted by atomic mass is 16.5. The van der Waals surface area contributed by atoms with Crippen molar-refractivity contribution < 1.29 is 19.1 Å². The van der Waals surface area contributed by atoms with E-state index in [1.54, 1.807) is 0 Å². The van der Waals surface area contributed by atoms with Crippen molar-refractivity contribution >= 4 is 17.7 Å². The molecule has 0 spiro atoms. The number of carbonyl (C=O) groups excluding carboxylic acids is 3. The maximum Gasteiger partial charge on any atom is 0.306 e. The summed E-state index contributed by atoms with van der Waals surface area (Å²) >= 11 is 0. The highest BCUT2D eigenvalue weighted by Crippen LogP contribution is 2.22. The molecular weight excluding hydrogens is 306 g/mol. The molecule has 5 heteroatoms. The summed E-state index contributed by atoms with van der Waals surface area (Å²) in [7, 11) is 0. The van der Waals surface area contributed by atoms with Crippen molar-refractivity contribution in [1.82, 2.24) is 5.32 Å². The molecule has 1 N–H and O–H groups in total. The number of amides is 1. The molecule has 5 nitrogen and oxygen atoms in total. The minimum atomic E-state index is -0.528. The van der Waals surface area contributed by atoms with Gasteiger partial charge in [-0.25, -0.2) is 0 Å². The molecule has 1 aromatic rings.